The lowest BCUT2D eigenvalue weighted by Gasteiger charge is -2.60. The number of unbranched alkanes of at least 4 members (excludes halogenated alkanes) is 5. The van der Waals surface area contributed by atoms with Gasteiger partial charge < -0.3 is 0 Å². The summed E-state index contributed by atoms with van der Waals surface area (Å²) in [4.78, 5) is 0. The predicted octanol–water partition coefficient (Wildman–Crippen LogP) is 8.73. The first-order chi connectivity index (χ1) is 13.5. The molecule has 0 aromatic carbocycles. The third kappa shape index (κ3) is 3.71. The van der Waals surface area contributed by atoms with Crippen LogP contribution in [-0.2, 0) is 0 Å². The molecule has 0 aromatic rings. The van der Waals surface area contributed by atoms with Crippen molar-refractivity contribution in [3.8, 4) is 0 Å². The molecule has 0 amide bonds. The first-order valence-electron chi connectivity index (χ1n) is 13.1. The van der Waals surface area contributed by atoms with Crippen LogP contribution < -0.4 is 0 Å². The summed E-state index contributed by atoms with van der Waals surface area (Å²) in [5.41, 5.74) is 1.09. The van der Waals surface area contributed by atoms with E-state index < -0.39 is 6.17 Å². The molecule has 162 valence electrons. The summed E-state index contributed by atoms with van der Waals surface area (Å²) in [6.45, 7) is 7.58. The van der Waals surface area contributed by atoms with E-state index in [9.17, 15) is 4.39 Å². The van der Waals surface area contributed by atoms with Crippen molar-refractivity contribution in [3.63, 3.8) is 0 Å². The van der Waals surface area contributed by atoms with E-state index in [0.717, 1.165) is 36.5 Å². The van der Waals surface area contributed by atoms with E-state index in [1.165, 1.54) is 89.9 Å². The number of hydrogen-bond acceptors (Lipinski definition) is 0. The molecule has 0 aromatic heterocycles. The fourth-order valence-electron chi connectivity index (χ4n) is 8.96. The standard InChI is InChI=1S/C27H47F/c1-4-5-6-7-8-9-10-20-12-14-24-23-13-11-21-19-22(28)15-17-27(21,3)25(23)16-18-26(20,24)2/h20-25H,4-19H2,1-3H3/t20-,21-,22+,23?,24?,25?,26+,27-/m0/s1. The van der Waals surface area contributed by atoms with E-state index in [-0.39, 0.29) is 0 Å². The van der Waals surface area contributed by atoms with Gasteiger partial charge in [0.15, 0.2) is 0 Å². The van der Waals surface area contributed by atoms with Gasteiger partial charge in [-0.25, -0.2) is 4.39 Å². The summed E-state index contributed by atoms with van der Waals surface area (Å²) in [7, 11) is 0. The molecule has 4 rings (SSSR count). The quantitative estimate of drug-likeness (QED) is 0.381. The Hall–Kier alpha value is -0.0700. The molecule has 0 saturated heterocycles. The number of rotatable bonds is 7. The third-order valence-corrected chi connectivity index (χ3v) is 10.7. The lowest BCUT2D eigenvalue weighted by molar-refractivity contribution is -0.120. The van der Waals surface area contributed by atoms with Crippen molar-refractivity contribution in [1.29, 1.82) is 0 Å². The SMILES string of the molecule is CCCCCCCC[C@H]1CCC2C3CC[C@H]4C[C@H](F)CC[C@]4(C)C3CC[C@@]21C. The molecule has 4 aliphatic rings. The van der Waals surface area contributed by atoms with Gasteiger partial charge in [-0.2, -0.15) is 0 Å². The van der Waals surface area contributed by atoms with E-state index >= 15 is 0 Å². The highest BCUT2D eigenvalue weighted by atomic mass is 19.1. The molecule has 0 spiro atoms. The molecule has 1 heteroatoms. The fourth-order valence-corrected chi connectivity index (χ4v) is 8.96. The van der Waals surface area contributed by atoms with Crippen LogP contribution in [0.25, 0.3) is 0 Å². The predicted molar refractivity (Wildman–Crippen MR) is 118 cm³/mol. The topological polar surface area (TPSA) is 0 Å². The molecule has 0 heterocycles. The Morgan fingerprint density at radius 1 is 0.750 bits per heavy atom. The second kappa shape index (κ2) is 8.58. The first-order valence-corrected chi connectivity index (χ1v) is 13.1. The van der Waals surface area contributed by atoms with E-state index in [2.05, 4.69) is 20.8 Å². The zero-order valence-corrected chi connectivity index (χ0v) is 19.2. The van der Waals surface area contributed by atoms with Crippen LogP contribution in [0, 0.1) is 40.4 Å². The van der Waals surface area contributed by atoms with Gasteiger partial charge in [-0.15, -0.1) is 0 Å². The van der Waals surface area contributed by atoms with E-state index in [4.69, 9.17) is 0 Å². The van der Waals surface area contributed by atoms with Crippen molar-refractivity contribution >= 4 is 0 Å². The summed E-state index contributed by atoms with van der Waals surface area (Å²) in [6, 6.07) is 0. The van der Waals surface area contributed by atoms with E-state index in [1.54, 1.807) is 0 Å². The van der Waals surface area contributed by atoms with Gasteiger partial charge >= 0.3 is 0 Å². The lowest BCUT2D eigenvalue weighted by Crippen LogP contribution is -2.53. The Kier molecular flexibility index (Phi) is 6.49. The van der Waals surface area contributed by atoms with Crippen molar-refractivity contribution in [1.82, 2.24) is 0 Å². The summed E-state index contributed by atoms with van der Waals surface area (Å²) >= 11 is 0. The Morgan fingerprint density at radius 2 is 1.46 bits per heavy atom. The minimum Gasteiger partial charge on any atom is -0.247 e. The van der Waals surface area contributed by atoms with Gasteiger partial charge in [0, 0.05) is 0 Å². The van der Waals surface area contributed by atoms with Gasteiger partial charge in [-0.1, -0.05) is 59.3 Å². The van der Waals surface area contributed by atoms with Gasteiger partial charge in [0.25, 0.3) is 0 Å². The highest BCUT2D eigenvalue weighted by Gasteiger charge is 2.59. The van der Waals surface area contributed by atoms with Crippen LogP contribution in [0.4, 0.5) is 4.39 Å². The van der Waals surface area contributed by atoms with Crippen LogP contribution in [0.2, 0.25) is 0 Å². The summed E-state index contributed by atoms with van der Waals surface area (Å²) in [5.74, 6) is 4.53. The monoisotopic (exact) mass is 390 g/mol. The second-order valence-corrected chi connectivity index (χ2v) is 11.9. The van der Waals surface area contributed by atoms with Gasteiger partial charge in [-0.05, 0) is 105 Å². The maximum absolute atomic E-state index is 14.1. The molecular weight excluding hydrogens is 343 g/mol. The minimum atomic E-state index is -0.503. The van der Waals surface area contributed by atoms with Crippen LogP contribution in [0.3, 0.4) is 0 Å². The summed E-state index contributed by atoms with van der Waals surface area (Å²) in [6.07, 6.45) is 21.2. The van der Waals surface area contributed by atoms with Crippen LogP contribution in [0.15, 0.2) is 0 Å². The Morgan fingerprint density at radius 3 is 2.29 bits per heavy atom. The average Bonchev–Trinajstić information content (AvgIpc) is 3.01. The minimum absolute atomic E-state index is 0.463. The highest BCUT2D eigenvalue weighted by Crippen LogP contribution is 2.68. The van der Waals surface area contributed by atoms with Crippen LogP contribution >= 0.6 is 0 Å². The molecule has 4 aliphatic carbocycles. The molecule has 0 bridgehead atoms. The van der Waals surface area contributed by atoms with Crippen LogP contribution in [0.1, 0.15) is 124 Å². The van der Waals surface area contributed by atoms with Gasteiger partial charge in [0.1, 0.15) is 6.17 Å². The fraction of sp³-hybridized carbons (Fsp3) is 1.00. The molecule has 28 heavy (non-hydrogen) atoms. The maximum Gasteiger partial charge on any atom is 0.100 e. The van der Waals surface area contributed by atoms with Crippen molar-refractivity contribution < 1.29 is 4.39 Å². The summed E-state index contributed by atoms with van der Waals surface area (Å²) in [5, 5.41) is 0. The van der Waals surface area contributed by atoms with Crippen molar-refractivity contribution in [2.24, 2.45) is 40.4 Å². The lowest BCUT2D eigenvalue weighted by atomic mass is 9.44. The number of alkyl halides is 1. The third-order valence-electron chi connectivity index (χ3n) is 10.7. The normalized spacial score (nSPS) is 48.0. The molecule has 0 N–H and O–H groups in total. The number of fused-ring (bicyclic) bond motifs is 5. The van der Waals surface area contributed by atoms with Crippen LogP contribution in [0.5, 0.6) is 0 Å². The molecular formula is C27H47F. The molecule has 3 unspecified atom stereocenters. The molecule has 8 atom stereocenters. The Balaban J connectivity index is 1.37. The zero-order valence-electron chi connectivity index (χ0n) is 19.2. The maximum atomic E-state index is 14.1. The molecule has 4 saturated carbocycles. The second-order valence-electron chi connectivity index (χ2n) is 11.9. The average molecular weight is 391 g/mol. The van der Waals surface area contributed by atoms with Crippen molar-refractivity contribution in [2.45, 2.75) is 130 Å². The van der Waals surface area contributed by atoms with Gasteiger partial charge in [-0.3, -0.25) is 0 Å². The molecule has 0 radical (unpaired) electrons. The molecule has 4 fully saturated rings. The number of halogens is 1. The van der Waals surface area contributed by atoms with Crippen molar-refractivity contribution in [2.75, 3.05) is 0 Å². The largest absolute Gasteiger partial charge is 0.247 e. The Labute approximate surface area is 174 Å². The highest BCUT2D eigenvalue weighted by molar-refractivity contribution is 5.09. The smallest absolute Gasteiger partial charge is 0.100 e. The van der Waals surface area contributed by atoms with Crippen LogP contribution in [-0.4, -0.2) is 6.17 Å². The number of hydrogen-bond donors (Lipinski definition) is 0. The van der Waals surface area contributed by atoms with Crippen molar-refractivity contribution in [3.05, 3.63) is 0 Å². The van der Waals surface area contributed by atoms with E-state index in [1.807, 2.05) is 0 Å². The zero-order chi connectivity index (χ0) is 19.8. The summed E-state index contributed by atoms with van der Waals surface area (Å²) < 4.78 is 14.1. The molecule has 0 nitrogen and oxygen atoms in total. The first kappa shape index (κ1) is 21.2. The molecule has 0 aliphatic heterocycles. The van der Waals surface area contributed by atoms with E-state index in [0.29, 0.717) is 16.7 Å². The van der Waals surface area contributed by atoms with Gasteiger partial charge in [0.05, 0.1) is 0 Å². The Bertz CT molecular complexity index is 514. The van der Waals surface area contributed by atoms with Gasteiger partial charge in [0.2, 0.25) is 0 Å².